The zero-order chi connectivity index (χ0) is 9.38. The normalized spacial score (nSPS) is 12.3. The molecule has 1 heterocycles. The average molecular weight is 218 g/mol. The van der Waals surface area contributed by atoms with Gasteiger partial charge in [-0.2, -0.15) is 0 Å². The molecular weight excluding hydrogens is 207 g/mol. The molecule has 0 aromatic heterocycles. The Balaban J connectivity index is 0.000000853. The molecule has 0 spiro atoms. The maximum absolute atomic E-state index is 2.22. The molecule has 15 heavy (non-hydrogen) atoms. The van der Waals surface area contributed by atoms with Crippen LogP contribution in [0, 0.1) is 0 Å². The van der Waals surface area contributed by atoms with Crippen molar-refractivity contribution in [1.29, 1.82) is 0 Å². The van der Waals surface area contributed by atoms with Crippen molar-refractivity contribution in [2.24, 2.45) is 0 Å². The Morgan fingerprint density at radius 1 is 0.733 bits per heavy atom. The van der Waals surface area contributed by atoms with Crippen LogP contribution in [0.4, 0.5) is 4.70 Å². The second-order valence-electron chi connectivity index (χ2n) is 3.49. The van der Waals surface area contributed by atoms with E-state index in [1.807, 2.05) is 11.8 Å². The first-order valence-electron chi connectivity index (χ1n) is 4.77. The van der Waals surface area contributed by atoms with Crippen LogP contribution in [-0.2, 0) is 6.42 Å². The highest BCUT2D eigenvalue weighted by Crippen LogP contribution is 2.38. The fourth-order valence-electron chi connectivity index (χ4n) is 1.82. The Morgan fingerprint density at radius 2 is 1.20 bits per heavy atom. The van der Waals surface area contributed by atoms with Gasteiger partial charge < -0.3 is 0 Å². The van der Waals surface area contributed by atoms with Crippen molar-refractivity contribution in [3.05, 3.63) is 59.7 Å². The molecule has 0 radical (unpaired) electrons. The molecule has 0 amide bonds. The minimum atomic E-state index is 0. The summed E-state index contributed by atoms with van der Waals surface area (Å²) in [4.78, 5) is 2.82. The van der Waals surface area contributed by atoms with Gasteiger partial charge in [-0.3, -0.25) is 4.70 Å². The molecule has 0 N–H and O–H groups in total. The zero-order valence-corrected chi connectivity index (χ0v) is 8.96. The number of hydrogen-bond donors (Lipinski definition) is 0. The summed E-state index contributed by atoms with van der Waals surface area (Å²) >= 11 is 1.88. The van der Waals surface area contributed by atoms with E-state index in [1.54, 1.807) is 0 Å². The van der Waals surface area contributed by atoms with Gasteiger partial charge in [0.05, 0.1) is 0 Å². The van der Waals surface area contributed by atoms with Crippen molar-refractivity contribution >= 4 is 11.8 Å². The Kier molecular flexibility index (Phi) is 2.78. The first-order valence-corrected chi connectivity index (χ1v) is 5.59. The van der Waals surface area contributed by atoms with Crippen LogP contribution in [0.25, 0.3) is 0 Å². The van der Waals surface area contributed by atoms with Crippen molar-refractivity contribution in [3.8, 4) is 0 Å². The first kappa shape index (κ1) is 10.2. The van der Waals surface area contributed by atoms with E-state index in [-0.39, 0.29) is 4.70 Å². The van der Waals surface area contributed by atoms with Gasteiger partial charge >= 0.3 is 0 Å². The first-order chi connectivity index (χ1) is 6.93. The number of halogens is 1. The van der Waals surface area contributed by atoms with E-state index in [9.17, 15) is 0 Å². The molecule has 0 nitrogen and oxygen atoms in total. The van der Waals surface area contributed by atoms with Crippen molar-refractivity contribution in [2.75, 3.05) is 0 Å². The van der Waals surface area contributed by atoms with Crippen LogP contribution in [0.1, 0.15) is 11.1 Å². The standard InChI is InChI=1S/C13H10S.FH/c1-3-7-12-10(5-1)9-11-6-2-4-8-13(11)14-12;/h1-8H,9H2;1H. The third kappa shape index (κ3) is 1.77. The molecule has 1 aliphatic heterocycles. The molecule has 76 valence electrons. The lowest BCUT2D eigenvalue weighted by Crippen LogP contribution is -1.98. The molecule has 0 bridgehead atoms. The van der Waals surface area contributed by atoms with Gasteiger partial charge in [-0.1, -0.05) is 48.2 Å². The van der Waals surface area contributed by atoms with E-state index in [0.29, 0.717) is 0 Å². The number of rotatable bonds is 0. The summed E-state index contributed by atoms with van der Waals surface area (Å²) in [6, 6.07) is 17.3. The Bertz CT molecular complexity index is 392. The lowest BCUT2D eigenvalue weighted by atomic mass is 10.0. The smallest absolute Gasteiger partial charge is 0.0157 e. The van der Waals surface area contributed by atoms with Crippen LogP contribution in [0.3, 0.4) is 0 Å². The van der Waals surface area contributed by atoms with E-state index in [2.05, 4.69) is 48.5 Å². The van der Waals surface area contributed by atoms with E-state index >= 15 is 0 Å². The highest BCUT2D eigenvalue weighted by atomic mass is 32.2. The number of benzene rings is 2. The third-order valence-electron chi connectivity index (χ3n) is 2.55. The van der Waals surface area contributed by atoms with Crippen LogP contribution in [0.2, 0.25) is 0 Å². The van der Waals surface area contributed by atoms with Crippen molar-refractivity contribution in [3.63, 3.8) is 0 Å². The Labute approximate surface area is 92.7 Å². The SMILES string of the molecule is F.c1ccc2c(c1)Cc1ccccc1S2. The minimum absolute atomic E-state index is 0. The van der Waals surface area contributed by atoms with Gasteiger partial charge in [-0.05, 0) is 29.7 Å². The quantitative estimate of drug-likeness (QED) is 0.551. The summed E-state index contributed by atoms with van der Waals surface area (Å²) in [5, 5.41) is 0. The summed E-state index contributed by atoms with van der Waals surface area (Å²) in [6.07, 6.45) is 1.08. The predicted octanol–water partition coefficient (Wildman–Crippen LogP) is 3.89. The molecule has 0 atom stereocenters. The van der Waals surface area contributed by atoms with Gasteiger partial charge in [0, 0.05) is 9.79 Å². The Hall–Kier alpha value is -1.28. The minimum Gasteiger partial charge on any atom is -0.269 e. The molecule has 0 fully saturated rings. The lowest BCUT2D eigenvalue weighted by Gasteiger charge is -2.17. The lowest BCUT2D eigenvalue weighted by molar-refractivity contribution is 1.06. The molecule has 0 saturated carbocycles. The largest absolute Gasteiger partial charge is 0.269 e. The maximum atomic E-state index is 2.22. The fraction of sp³-hybridized carbons (Fsp3) is 0.0769. The van der Waals surface area contributed by atoms with E-state index < -0.39 is 0 Å². The molecule has 2 aromatic rings. The van der Waals surface area contributed by atoms with Crippen molar-refractivity contribution in [1.82, 2.24) is 0 Å². The number of hydrogen-bond acceptors (Lipinski definition) is 1. The van der Waals surface area contributed by atoms with Crippen LogP contribution in [0.5, 0.6) is 0 Å². The van der Waals surface area contributed by atoms with Crippen molar-refractivity contribution < 1.29 is 4.70 Å². The molecule has 0 unspecified atom stereocenters. The molecule has 0 aliphatic carbocycles. The third-order valence-corrected chi connectivity index (χ3v) is 3.78. The second-order valence-corrected chi connectivity index (χ2v) is 4.58. The molecular formula is C13H11FS. The highest BCUT2D eigenvalue weighted by molar-refractivity contribution is 7.99. The number of fused-ring (bicyclic) bond motifs is 2. The van der Waals surface area contributed by atoms with Crippen LogP contribution in [0.15, 0.2) is 58.3 Å². The maximum Gasteiger partial charge on any atom is 0.0157 e. The predicted molar refractivity (Wildman–Crippen MR) is 62.3 cm³/mol. The second kappa shape index (κ2) is 4.07. The molecule has 0 saturated heterocycles. The van der Waals surface area contributed by atoms with Gasteiger partial charge in [0.2, 0.25) is 0 Å². The van der Waals surface area contributed by atoms with Crippen LogP contribution in [-0.4, -0.2) is 0 Å². The summed E-state index contributed by atoms with van der Waals surface area (Å²) < 4.78 is 0. The molecule has 2 heteroatoms. The molecule has 1 aliphatic rings. The van der Waals surface area contributed by atoms with E-state index in [1.165, 1.54) is 20.9 Å². The van der Waals surface area contributed by atoms with E-state index in [4.69, 9.17) is 0 Å². The van der Waals surface area contributed by atoms with Crippen LogP contribution >= 0.6 is 11.8 Å². The topological polar surface area (TPSA) is 0 Å². The summed E-state index contributed by atoms with van der Waals surface area (Å²) in [5.74, 6) is 0. The Morgan fingerprint density at radius 3 is 1.73 bits per heavy atom. The highest BCUT2D eigenvalue weighted by Gasteiger charge is 2.13. The molecule has 3 rings (SSSR count). The van der Waals surface area contributed by atoms with Gasteiger partial charge in [0.25, 0.3) is 0 Å². The van der Waals surface area contributed by atoms with Gasteiger partial charge in [-0.15, -0.1) is 0 Å². The van der Waals surface area contributed by atoms with Gasteiger partial charge in [0.1, 0.15) is 0 Å². The van der Waals surface area contributed by atoms with Crippen LogP contribution < -0.4 is 0 Å². The summed E-state index contributed by atoms with van der Waals surface area (Å²) in [6.45, 7) is 0. The van der Waals surface area contributed by atoms with Gasteiger partial charge in [0.15, 0.2) is 0 Å². The summed E-state index contributed by atoms with van der Waals surface area (Å²) in [5.41, 5.74) is 2.91. The fourth-order valence-corrected chi connectivity index (χ4v) is 2.90. The summed E-state index contributed by atoms with van der Waals surface area (Å²) in [7, 11) is 0. The van der Waals surface area contributed by atoms with Crippen molar-refractivity contribution in [2.45, 2.75) is 16.2 Å². The molecule has 2 aromatic carbocycles. The zero-order valence-electron chi connectivity index (χ0n) is 8.14. The monoisotopic (exact) mass is 218 g/mol. The van der Waals surface area contributed by atoms with Gasteiger partial charge in [-0.25, -0.2) is 0 Å². The average Bonchev–Trinajstić information content (AvgIpc) is 2.26. The van der Waals surface area contributed by atoms with E-state index in [0.717, 1.165) is 6.42 Å².